The lowest BCUT2D eigenvalue weighted by Gasteiger charge is -2.05. The van der Waals surface area contributed by atoms with Gasteiger partial charge < -0.3 is 9.73 Å². The fraction of sp³-hybridized carbons (Fsp3) is 0.111. The van der Waals surface area contributed by atoms with E-state index in [0.29, 0.717) is 16.3 Å². The summed E-state index contributed by atoms with van der Waals surface area (Å²) in [5.74, 6) is 1.40. The molecule has 8 heteroatoms. The zero-order chi connectivity index (χ0) is 18.1. The van der Waals surface area contributed by atoms with Gasteiger partial charge in [0.05, 0.1) is 5.69 Å². The van der Waals surface area contributed by atoms with Gasteiger partial charge in [0.15, 0.2) is 10.8 Å². The number of thiazole rings is 1. The van der Waals surface area contributed by atoms with Crippen LogP contribution in [0.2, 0.25) is 0 Å². The number of anilines is 1. The Morgan fingerprint density at radius 3 is 2.65 bits per heavy atom. The number of amides is 1. The van der Waals surface area contributed by atoms with Crippen molar-refractivity contribution in [2.24, 2.45) is 0 Å². The molecule has 26 heavy (non-hydrogen) atoms. The van der Waals surface area contributed by atoms with Gasteiger partial charge in [0.2, 0.25) is 0 Å². The Morgan fingerprint density at radius 2 is 2.00 bits per heavy atom. The van der Waals surface area contributed by atoms with Crippen LogP contribution in [0.5, 0.6) is 0 Å². The van der Waals surface area contributed by atoms with E-state index in [1.807, 2.05) is 42.6 Å². The Hall–Kier alpha value is -2.84. The van der Waals surface area contributed by atoms with Crippen LogP contribution in [0, 0.1) is 13.8 Å². The third-order valence-electron chi connectivity index (χ3n) is 3.87. The quantitative estimate of drug-likeness (QED) is 0.549. The van der Waals surface area contributed by atoms with Gasteiger partial charge in [0.25, 0.3) is 5.91 Å². The van der Waals surface area contributed by atoms with Gasteiger partial charge in [-0.2, -0.15) is 0 Å². The van der Waals surface area contributed by atoms with E-state index in [0.717, 1.165) is 39.2 Å². The number of nitrogens with zero attached hydrogens (tertiary/aromatic N) is 3. The predicted molar refractivity (Wildman–Crippen MR) is 103 cm³/mol. The zero-order valence-corrected chi connectivity index (χ0v) is 15.6. The summed E-state index contributed by atoms with van der Waals surface area (Å²) < 4.78 is 9.62. The summed E-state index contributed by atoms with van der Waals surface area (Å²) in [6, 6.07) is 9.64. The average Bonchev–Trinajstić information content (AvgIpc) is 3.36. The van der Waals surface area contributed by atoms with Crippen LogP contribution in [0.15, 0.2) is 46.3 Å². The largest absolute Gasteiger partial charge is 0.458 e. The maximum Gasteiger partial charge on any atom is 0.269 e. The zero-order valence-electron chi connectivity index (χ0n) is 14.0. The highest BCUT2D eigenvalue weighted by Gasteiger charge is 2.15. The van der Waals surface area contributed by atoms with E-state index in [1.165, 1.54) is 0 Å². The summed E-state index contributed by atoms with van der Waals surface area (Å²) >= 11 is 2.63. The Bertz CT molecular complexity index is 1050. The molecule has 3 aromatic heterocycles. The lowest BCUT2D eigenvalue weighted by Crippen LogP contribution is -2.11. The van der Waals surface area contributed by atoms with Gasteiger partial charge in [-0.15, -0.1) is 16.4 Å². The third kappa shape index (κ3) is 3.16. The van der Waals surface area contributed by atoms with Crippen LogP contribution in [-0.4, -0.2) is 20.5 Å². The van der Waals surface area contributed by atoms with Crippen molar-refractivity contribution in [3.05, 3.63) is 58.2 Å². The first-order chi connectivity index (χ1) is 12.6. The van der Waals surface area contributed by atoms with Crippen molar-refractivity contribution in [3.63, 3.8) is 0 Å². The van der Waals surface area contributed by atoms with E-state index in [2.05, 4.69) is 19.9 Å². The van der Waals surface area contributed by atoms with Crippen molar-refractivity contribution in [1.82, 2.24) is 14.6 Å². The normalized spacial score (nSPS) is 10.8. The van der Waals surface area contributed by atoms with E-state index in [4.69, 9.17) is 4.42 Å². The summed E-state index contributed by atoms with van der Waals surface area (Å²) in [5.41, 5.74) is 3.37. The summed E-state index contributed by atoms with van der Waals surface area (Å²) in [6.45, 7) is 3.70. The maximum absolute atomic E-state index is 12.2. The molecule has 0 saturated heterocycles. The number of hydrogen-bond donors (Lipinski definition) is 1. The number of aryl methyl sites for hydroxylation is 2. The number of rotatable bonds is 4. The Kier molecular flexibility index (Phi) is 4.36. The van der Waals surface area contributed by atoms with Crippen molar-refractivity contribution in [2.45, 2.75) is 13.8 Å². The van der Waals surface area contributed by atoms with E-state index < -0.39 is 0 Å². The molecule has 3 heterocycles. The number of carbonyl (C=O) groups excluding carboxylic acids is 1. The van der Waals surface area contributed by atoms with E-state index in [9.17, 15) is 4.79 Å². The summed E-state index contributed by atoms with van der Waals surface area (Å²) in [6.07, 6.45) is 1.76. The highest BCUT2D eigenvalue weighted by molar-refractivity contribution is 7.13. The first-order valence-corrected chi connectivity index (χ1v) is 9.48. The van der Waals surface area contributed by atoms with Gasteiger partial charge in [-0.1, -0.05) is 16.6 Å². The number of benzene rings is 1. The van der Waals surface area contributed by atoms with Gasteiger partial charge in [0, 0.05) is 22.8 Å². The number of hydrogen-bond acceptors (Lipinski definition) is 7. The smallest absolute Gasteiger partial charge is 0.269 e. The van der Waals surface area contributed by atoms with Gasteiger partial charge >= 0.3 is 0 Å². The Labute approximate surface area is 157 Å². The van der Waals surface area contributed by atoms with Crippen molar-refractivity contribution in [2.75, 3.05) is 5.32 Å². The maximum atomic E-state index is 12.2. The fourth-order valence-electron chi connectivity index (χ4n) is 2.58. The first kappa shape index (κ1) is 16.6. The number of furan rings is 1. The second-order valence-electron chi connectivity index (χ2n) is 5.64. The van der Waals surface area contributed by atoms with Crippen LogP contribution in [0.4, 0.5) is 5.69 Å². The van der Waals surface area contributed by atoms with Crippen LogP contribution in [-0.2, 0) is 0 Å². The predicted octanol–water partition coefficient (Wildman–Crippen LogP) is 4.79. The standard InChI is InChI=1S/C18H14N4O2S2/c1-10-16(26-22-21-10)17(23)20-13-5-3-12(4-6-13)14-9-15(24-11(14)2)18-19-7-8-25-18/h3-9H,1-2H3,(H,20,23). The molecule has 4 aromatic rings. The highest BCUT2D eigenvalue weighted by Crippen LogP contribution is 2.33. The molecule has 0 fully saturated rings. The number of nitrogens with one attached hydrogen (secondary N) is 1. The molecule has 0 bridgehead atoms. The molecule has 0 aliphatic rings. The lowest BCUT2D eigenvalue weighted by atomic mass is 10.1. The second-order valence-corrected chi connectivity index (χ2v) is 7.29. The highest BCUT2D eigenvalue weighted by atomic mass is 32.1. The molecule has 130 valence electrons. The topological polar surface area (TPSA) is 80.9 Å². The minimum atomic E-state index is -0.198. The van der Waals surface area contributed by atoms with Gasteiger partial charge in [-0.25, -0.2) is 4.98 Å². The number of aromatic nitrogens is 3. The monoisotopic (exact) mass is 382 g/mol. The Balaban J connectivity index is 1.55. The molecule has 1 amide bonds. The van der Waals surface area contributed by atoms with Gasteiger partial charge in [-0.3, -0.25) is 4.79 Å². The van der Waals surface area contributed by atoms with Crippen LogP contribution < -0.4 is 5.32 Å². The van der Waals surface area contributed by atoms with E-state index >= 15 is 0 Å². The van der Waals surface area contributed by atoms with Crippen molar-refractivity contribution >= 4 is 34.5 Å². The van der Waals surface area contributed by atoms with Gasteiger partial charge in [-0.05, 0) is 49.1 Å². The van der Waals surface area contributed by atoms with Crippen molar-refractivity contribution in [1.29, 1.82) is 0 Å². The van der Waals surface area contributed by atoms with Crippen LogP contribution in [0.1, 0.15) is 21.1 Å². The lowest BCUT2D eigenvalue weighted by molar-refractivity contribution is 0.103. The molecule has 0 unspecified atom stereocenters. The molecule has 4 rings (SSSR count). The minimum Gasteiger partial charge on any atom is -0.458 e. The van der Waals surface area contributed by atoms with E-state index in [1.54, 1.807) is 24.5 Å². The average molecular weight is 382 g/mol. The molecule has 6 nitrogen and oxygen atoms in total. The molecule has 0 saturated carbocycles. The first-order valence-electron chi connectivity index (χ1n) is 7.83. The third-order valence-corrected chi connectivity index (χ3v) is 5.49. The van der Waals surface area contributed by atoms with Crippen LogP contribution >= 0.6 is 22.9 Å². The molecule has 0 aliphatic carbocycles. The molecule has 1 aromatic carbocycles. The van der Waals surface area contributed by atoms with Crippen molar-refractivity contribution < 1.29 is 9.21 Å². The fourth-order valence-corrected chi connectivity index (χ4v) is 3.72. The molecule has 1 N–H and O–H groups in total. The van der Waals surface area contributed by atoms with Crippen molar-refractivity contribution in [3.8, 4) is 21.9 Å². The minimum absolute atomic E-state index is 0.198. The Morgan fingerprint density at radius 1 is 1.19 bits per heavy atom. The SMILES string of the molecule is Cc1nnsc1C(=O)Nc1ccc(-c2cc(-c3nccs3)oc2C)cc1. The second kappa shape index (κ2) is 6.81. The van der Waals surface area contributed by atoms with E-state index in [-0.39, 0.29) is 5.91 Å². The summed E-state index contributed by atoms with van der Waals surface area (Å²) in [7, 11) is 0. The molecular formula is C18H14N4O2S2. The van der Waals surface area contributed by atoms with Crippen LogP contribution in [0.25, 0.3) is 21.9 Å². The molecule has 0 radical (unpaired) electrons. The molecular weight excluding hydrogens is 368 g/mol. The summed E-state index contributed by atoms with van der Waals surface area (Å²) in [5, 5.41) is 9.50. The molecule has 0 aliphatic heterocycles. The molecule has 0 spiro atoms. The van der Waals surface area contributed by atoms with Crippen LogP contribution in [0.3, 0.4) is 0 Å². The molecule has 0 atom stereocenters. The summed E-state index contributed by atoms with van der Waals surface area (Å²) in [4.78, 5) is 17.0. The van der Waals surface area contributed by atoms with Gasteiger partial charge in [0.1, 0.15) is 10.6 Å². The number of carbonyl (C=O) groups is 1.